The summed E-state index contributed by atoms with van der Waals surface area (Å²) in [6.07, 6.45) is 4.74. The second-order valence-electron chi connectivity index (χ2n) is 5.38. The molecule has 0 radical (unpaired) electrons. The highest BCUT2D eigenvalue weighted by Gasteiger charge is 2.16. The van der Waals surface area contributed by atoms with Crippen molar-refractivity contribution >= 4 is 0 Å². The minimum atomic E-state index is 0.313. The van der Waals surface area contributed by atoms with Gasteiger partial charge in [0, 0.05) is 18.9 Å². The largest absolute Gasteiger partial charge is 0.493 e. The van der Waals surface area contributed by atoms with E-state index in [9.17, 15) is 0 Å². The Balaban J connectivity index is 1.67. The number of fused-ring (bicyclic) bond motifs is 1. The zero-order chi connectivity index (χ0) is 14.7. The van der Waals surface area contributed by atoms with Crippen LogP contribution in [0.25, 0.3) is 0 Å². The second kappa shape index (κ2) is 6.31. The minimum Gasteiger partial charge on any atom is -0.493 e. The molecule has 1 aliphatic heterocycles. The number of ether oxygens (including phenoxy) is 1. The van der Waals surface area contributed by atoms with Gasteiger partial charge in [-0.15, -0.1) is 0 Å². The van der Waals surface area contributed by atoms with E-state index in [1.54, 1.807) is 0 Å². The highest BCUT2D eigenvalue weighted by atomic mass is 16.5. The van der Waals surface area contributed by atoms with Crippen molar-refractivity contribution in [3.8, 4) is 5.75 Å². The Kier molecular flexibility index (Phi) is 4.25. The number of nitrogens with one attached hydrogen (secondary N) is 1. The van der Waals surface area contributed by atoms with Crippen molar-refractivity contribution < 1.29 is 9.15 Å². The second-order valence-corrected chi connectivity index (χ2v) is 5.38. The van der Waals surface area contributed by atoms with Crippen LogP contribution in [0.4, 0.5) is 0 Å². The maximum absolute atomic E-state index is 5.64. The number of benzene rings is 1. The van der Waals surface area contributed by atoms with E-state index < -0.39 is 0 Å². The topological polar surface area (TPSA) is 47.3 Å². The van der Waals surface area contributed by atoms with Crippen LogP contribution in [0.15, 0.2) is 28.8 Å². The number of aryl methyl sites for hydroxylation is 1. The number of aromatic nitrogens is 1. The van der Waals surface area contributed by atoms with E-state index in [0.717, 1.165) is 43.3 Å². The minimum absolute atomic E-state index is 0.313. The first kappa shape index (κ1) is 14.1. The van der Waals surface area contributed by atoms with Crippen molar-refractivity contribution in [2.24, 2.45) is 0 Å². The molecule has 0 spiro atoms. The lowest BCUT2D eigenvalue weighted by atomic mass is 10.0. The lowest BCUT2D eigenvalue weighted by molar-refractivity contribution is 0.356. The molecule has 4 heteroatoms. The average Bonchev–Trinajstić information content (AvgIpc) is 3.16. The summed E-state index contributed by atoms with van der Waals surface area (Å²) in [4.78, 5) is 4.30. The third kappa shape index (κ3) is 3.10. The van der Waals surface area contributed by atoms with Crippen LogP contribution >= 0.6 is 0 Å². The molecule has 21 heavy (non-hydrogen) atoms. The fraction of sp³-hybridized carbons (Fsp3) is 0.471. The summed E-state index contributed by atoms with van der Waals surface area (Å²) in [6, 6.07) is 6.81. The van der Waals surface area contributed by atoms with Gasteiger partial charge in [0.05, 0.1) is 19.3 Å². The molecule has 1 unspecified atom stereocenters. The molecule has 4 nitrogen and oxygen atoms in total. The molecule has 0 fully saturated rings. The Morgan fingerprint density at radius 1 is 1.33 bits per heavy atom. The van der Waals surface area contributed by atoms with Gasteiger partial charge in [-0.2, -0.15) is 0 Å². The molecule has 1 aromatic heterocycles. The van der Waals surface area contributed by atoms with Gasteiger partial charge in [-0.05, 0) is 23.6 Å². The van der Waals surface area contributed by atoms with Crippen LogP contribution in [0.3, 0.4) is 0 Å². The Morgan fingerprint density at radius 3 is 3.00 bits per heavy atom. The molecule has 0 saturated carbocycles. The van der Waals surface area contributed by atoms with Crippen molar-refractivity contribution in [3.05, 3.63) is 47.2 Å². The van der Waals surface area contributed by atoms with Crippen LogP contribution in [0, 0.1) is 0 Å². The molecule has 0 bridgehead atoms. The average molecular weight is 286 g/mol. The van der Waals surface area contributed by atoms with Crippen molar-refractivity contribution in [1.29, 1.82) is 0 Å². The first-order valence-electron chi connectivity index (χ1n) is 7.72. The van der Waals surface area contributed by atoms with Crippen LogP contribution in [0.1, 0.15) is 49.1 Å². The molecule has 1 N–H and O–H groups in total. The third-order valence-electron chi connectivity index (χ3n) is 3.97. The summed E-state index contributed by atoms with van der Waals surface area (Å²) in [7, 11) is 0. The van der Waals surface area contributed by atoms with Gasteiger partial charge in [0.2, 0.25) is 5.89 Å². The fourth-order valence-corrected chi connectivity index (χ4v) is 2.72. The predicted molar refractivity (Wildman–Crippen MR) is 81.4 cm³/mol. The van der Waals surface area contributed by atoms with E-state index in [-0.39, 0.29) is 0 Å². The lowest BCUT2D eigenvalue weighted by Crippen LogP contribution is -2.20. The maximum atomic E-state index is 5.64. The molecular weight excluding hydrogens is 264 g/mol. The van der Waals surface area contributed by atoms with Gasteiger partial charge >= 0.3 is 0 Å². The quantitative estimate of drug-likeness (QED) is 0.884. The van der Waals surface area contributed by atoms with Gasteiger partial charge in [-0.3, -0.25) is 0 Å². The maximum Gasteiger partial charge on any atom is 0.208 e. The zero-order valence-corrected chi connectivity index (χ0v) is 12.7. The Morgan fingerprint density at radius 2 is 2.24 bits per heavy atom. The summed E-state index contributed by atoms with van der Waals surface area (Å²) >= 11 is 0. The van der Waals surface area contributed by atoms with Crippen LogP contribution in [-0.4, -0.2) is 11.6 Å². The van der Waals surface area contributed by atoms with E-state index in [0.29, 0.717) is 12.6 Å². The highest BCUT2D eigenvalue weighted by molar-refractivity contribution is 5.40. The molecular formula is C17H22N2O2. The molecule has 2 heterocycles. The van der Waals surface area contributed by atoms with Crippen LogP contribution < -0.4 is 10.1 Å². The number of rotatable bonds is 6. The van der Waals surface area contributed by atoms with E-state index in [1.807, 2.05) is 6.20 Å². The normalized spacial score (nSPS) is 14.8. The standard InChI is InChI=1S/C17H22N2O2/c1-3-14-10-19-17(21-14)11-18-15(4-2)12-5-6-16-13(9-12)7-8-20-16/h5-6,9-10,15,18H,3-4,7-8,11H2,1-2H3. The molecule has 3 rings (SSSR count). The molecule has 2 aromatic rings. The Hall–Kier alpha value is -1.81. The van der Waals surface area contributed by atoms with Gasteiger partial charge in [0.15, 0.2) is 0 Å². The first-order chi connectivity index (χ1) is 10.3. The monoisotopic (exact) mass is 286 g/mol. The summed E-state index contributed by atoms with van der Waals surface area (Å²) < 4.78 is 11.2. The highest BCUT2D eigenvalue weighted by Crippen LogP contribution is 2.29. The molecule has 1 aromatic carbocycles. The van der Waals surface area contributed by atoms with Crippen molar-refractivity contribution in [3.63, 3.8) is 0 Å². The molecule has 0 amide bonds. The summed E-state index contributed by atoms with van der Waals surface area (Å²) in [5.74, 6) is 2.73. The SMILES string of the molecule is CCc1cnc(CNC(CC)c2ccc3c(c2)CCO3)o1. The van der Waals surface area contributed by atoms with Gasteiger partial charge in [-0.25, -0.2) is 4.98 Å². The van der Waals surface area contributed by atoms with Crippen molar-refractivity contribution in [1.82, 2.24) is 10.3 Å². The fourth-order valence-electron chi connectivity index (χ4n) is 2.72. The molecule has 0 aliphatic carbocycles. The van der Waals surface area contributed by atoms with Crippen LogP contribution in [0.2, 0.25) is 0 Å². The molecule has 1 atom stereocenters. The van der Waals surface area contributed by atoms with E-state index in [4.69, 9.17) is 9.15 Å². The number of oxazole rings is 1. The van der Waals surface area contributed by atoms with Crippen molar-refractivity contribution in [2.45, 2.75) is 45.7 Å². The van der Waals surface area contributed by atoms with E-state index >= 15 is 0 Å². The van der Waals surface area contributed by atoms with Crippen LogP contribution in [-0.2, 0) is 19.4 Å². The number of hydrogen-bond donors (Lipinski definition) is 1. The summed E-state index contributed by atoms with van der Waals surface area (Å²) in [5, 5.41) is 3.53. The summed E-state index contributed by atoms with van der Waals surface area (Å²) in [5.41, 5.74) is 2.63. The third-order valence-corrected chi connectivity index (χ3v) is 3.97. The van der Waals surface area contributed by atoms with Gasteiger partial charge in [0.1, 0.15) is 11.5 Å². The van der Waals surface area contributed by atoms with Gasteiger partial charge < -0.3 is 14.5 Å². The lowest BCUT2D eigenvalue weighted by Gasteiger charge is -2.17. The molecule has 112 valence electrons. The first-order valence-corrected chi connectivity index (χ1v) is 7.72. The number of hydrogen-bond acceptors (Lipinski definition) is 4. The zero-order valence-electron chi connectivity index (χ0n) is 12.7. The number of nitrogens with zero attached hydrogens (tertiary/aromatic N) is 1. The van der Waals surface area contributed by atoms with Crippen molar-refractivity contribution in [2.75, 3.05) is 6.61 Å². The summed E-state index contributed by atoms with van der Waals surface area (Å²) in [6.45, 7) is 5.72. The molecule has 0 saturated heterocycles. The molecule has 1 aliphatic rings. The smallest absolute Gasteiger partial charge is 0.208 e. The Bertz CT molecular complexity index is 607. The van der Waals surface area contributed by atoms with E-state index in [1.165, 1.54) is 11.1 Å². The predicted octanol–water partition coefficient (Wildman–Crippen LogP) is 3.41. The van der Waals surface area contributed by atoms with E-state index in [2.05, 4.69) is 42.3 Å². The van der Waals surface area contributed by atoms with Gasteiger partial charge in [-0.1, -0.05) is 26.0 Å². The van der Waals surface area contributed by atoms with Crippen LogP contribution in [0.5, 0.6) is 5.75 Å². The Labute approximate surface area is 125 Å². The van der Waals surface area contributed by atoms with Gasteiger partial charge in [0.25, 0.3) is 0 Å².